The average Bonchev–Trinajstić information content (AvgIpc) is 3.10. The Kier molecular flexibility index (Phi) is 4.01. The summed E-state index contributed by atoms with van der Waals surface area (Å²) in [6.45, 7) is 0.694. The van der Waals surface area contributed by atoms with Crippen LogP contribution in [0.25, 0.3) is 0 Å². The molecule has 1 heterocycles. The predicted molar refractivity (Wildman–Crippen MR) is 81.7 cm³/mol. The van der Waals surface area contributed by atoms with Crippen LogP contribution < -0.4 is 11.1 Å². The monoisotopic (exact) mass is 284 g/mol. The molecule has 1 fully saturated rings. The lowest BCUT2D eigenvalue weighted by Crippen LogP contribution is -2.34. The molecule has 0 bridgehead atoms. The van der Waals surface area contributed by atoms with Crippen LogP contribution in [0.3, 0.4) is 0 Å². The van der Waals surface area contributed by atoms with Crippen molar-refractivity contribution in [3.05, 3.63) is 48.3 Å². The van der Waals surface area contributed by atoms with E-state index in [0.717, 1.165) is 30.5 Å². The molecule has 1 aromatic carbocycles. The number of hydrogen-bond acceptors (Lipinski definition) is 3. The van der Waals surface area contributed by atoms with Crippen molar-refractivity contribution >= 4 is 11.6 Å². The molecule has 1 aliphatic carbocycles. The molecule has 0 spiro atoms. The molecule has 0 saturated heterocycles. The van der Waals surface area contributed by atoms with Crippen LogP contribution in [0.5, 0.6) is 0 Å². The van der Waals surface area contributed by atoms with Crippen molar-refractivity contribution in [2.45, 2.75) is 31.8 Å². The van der Waals surface area contributed by atoms with Crippen LogP contribution in [0.4, 0.5) is 5.69 Å². The van der Waals surface area contributed by atoms with Gasteiger partial charge in [0.05, 0.1) is 12.5 Å². The molecule has 0 radical (unpaired) electrons. The Bertz CT molecular complexity index is 608. The number of hydrogen-bond donors (Lipinski definition) is 2. The minimum atomic E-state index is -0.0558. The third-order valence-electron chi connectivity index (χ3n) is 4.00. The molecule has 5 heteroatoms. The molecule has 2 atom stereocenters. The molecule has 5 nitrogen and oxygen atoms in total. The molecule has 3 rings (SSSR count). The quantitative estimate of drug-likeness (QED) is 0.902. The summed E-state index contributed by atoms with van der Waals surface area (Å²) in [4.78, 5) is 12.2. The van der Waals surface area contributed by atoms with E-state index in [0.29, 0.717) is 6.54 Å². The van der Waals surface area contributed by atoms with Gasteiger partial charge >= 0.3 is 0 Å². The smallest absolute Gasteiger partial charge is 0.229 e. The summed E-state index contributed by atoms with van der Waals surface area (Å²) in [5.41, 5.74) is 7.91. The first-order valence-corrected chi connectivity index (χ1v) is 7.35. The second-order valence-corrected chi connectivity index (χ2v) is 5.59. The van der Waals surface area contributed by atoms with Crippen molar-refractivity contribution in [1.29, 1.82) is 0 Å². The lowest BCUT2D eigenvalue weighted by Gasteiger charge is -2.15. The number of nitrogens with one attached hydrogen (secondary N) is 1. The maximum Gasteiger partial charge on any atom is 0.229 e. The molecule has 1 aliphatic rings. The van der Waals surface area contributed by atoms with Crippen molar-refractivity contribution in [3.8, 4) is 0 Å². The highest BCUT2D eigenvalue weighted by atomic mass is 16.1. The van der Waals surface area contributed by atoms with E-state index in [-0.39, 0.29) is 17.9 Å². The normalized spacial score (nSPS) is 21.4. The van der Waals surface area contributed by atoms with Crippen molar-refractivity contribution in [3.63, 3.8) is 0 Å². The number of aromatic nitrogens is 2. The van der Waals surface area contributed by atoms with Gasteiger partial charge in [0.1, 0.15) is 0 Å². The maximum atomic E-state index is 12.2. The van der Waals surface area contributed by atoms with Crippen LogP contribution in [0.2, 0.25) is 0 Å². The van der Waals surface area contributed by atoms with Crippen molar-refractivity contribution in [1.82, 2.24) is 9.78 Å². The van der Waals surface area contributed by atoms with Gasteiger partial charge in [-0.15, -0.1) is 0 Å². The van der Waals surface area contributed by atoms with Gasteiger partial charge in [-0.25, -0.2) is 0 Å². The second kappa shape index (κ2) is 6.10. The molecule has 2 unspecified atom stereocenters. The summed E-state index contributed by atoms with van der Waals surface area (Å²) < 4.78 is 1.85. The Morgan fingerprint density at radius 1 is 1.38 bits per heavy atom. The summed E-state index contributed by atoms with van der Waals surface area (Å²) in [7, 11) is 0. The Morgan fingerprint density at radius 2 is 2.29 bits per heavy atom. The number of benzene rings is 1. The summed E-state index contributed by atoms with van der Waals surface area (Å²) in [6, 6.07) is 9.76. The van der Waals surface area contributed by atoms with Gasteiger partial charge in [-0.2, -0.15) is 5.10 Å². The molecule has 1 saturated carbocycles. The summed E-state index contributed by atoms with van der Waals surface area (Å²) in [5.74, 6) is -0.0176. The fraction of sp³-hybridized carbons (Fsp3) is 0.375. The van der Waals surface area contributed by atoms with Gasteiger partial charge < -0.3 is 11.1 Å². The largest absolute Gasteiger partial charge is 0.327 e. The van der Waals surface area contributed by atoms with Crippen molar-refractivity contribution < 1.29 is 4.79 Å². The topological polar surface area (TPSA) is 72.9 Å². The predicted octanol–water partition coefficient (Wildman–Crippen LogP) is 2.00. The highest BCUT2D eigenvalue weighted by molar-refractivity contribution is 5.93. The van der Waals surface area contributed by atoms with Crippen LogP contribution in [-0.4, -0.2) is 21.7 Å². The van der Waals surface area contributed by atoms with Gasteiger partial charge in [0, 0.05) is 24.1 Å². The first-order chi connectivity index (χ1) is 10.2. The minimum Gasteiger partial charge on any atom is -0.327 e. The third kappa shape index (κ3) is 3.31. The SMILES string of the molecule is NC1CCCC1C(=O)Nc1cccc(Cn2cccn2)c1. The fourth-order valence-corrected chi connectivity index (χ4v) is 2.88. The van der Waals surface area contributed by atoms with E-state index in [1.807, 2.05) is 41.2 Å². The number of carbonyl (C=O) groups is 1. The average molecular weight is 284 g/mol. The van der Waals surface area contributed by atoms with Crippen molar-refractivity contribution in [2.24, 2.45) is 11.7 Å². The zero-order chi connectivity index (χ0) is 14.7. The van der Waals surface area contributed by atoms with Gasteiger partial charge in [-0.05, 0) is 36.6 Å². The Balaban J connectivity index is 1.67. The number of rotatable bonds is 4. The number of carbonyl (C=O) groups excluding carboxylic acids is 1. The van der Waals surface area contributed by atoms with E-state index >= 15 is 0 Å². The van der Waals surface area contributed by atoms with Crippen LogP contribution in [-0.2, 0) is 11.3 Å². The number of nitrogens with zero attached hydrogens (tertiary/aromatic N) is 2. The van der Waals surface area contributed by atoms with Crippen LogP contribution >= 0.6 is 0 Å². The highest BCUT2D eigenvalue weighted by Gasteiger charge is 2.30. The molecule has 3 N–H and O–H groups in total. The van der Waals surface area contributed by atoms with E-state index in [1.54, 1.807) is 6.20 Å². The summed E-state index contributed by atoms with van der Waals surface area (Å²) in [6.07, 6.45) is 6.55. The van der Waals surface area contributed by atoms with E-state index in [4.69, 9.17) is 5.73 Å². The molecule has 0 aliphatic heterocycles. The number of nitrogens with two attached hydrogens (primary N) is 1. The van der Waals surface area contributed by atoms with Crippen LogP contribution in [0, 0.1) is 5.92 Å². The number of anilines is 1. The standard InChI is InChI=1S/C16H20N4O/c17-15-7-2-6-14(15)16(21)19-13-5-1-4-12(10-13)11-20-9-3-8-18-20/h1,3-5,8-10,14-15H,2,6-7,11,17H2,(H,19,21). The van der Waals surface area contributed by atoms with Gasteiger partial charge in [0.15, 0.2) is 0 Å². The first-order valence-electron chi connectivity index (χ1n) is 7.35. The van der Waals surface area contributed by atoms with Gasteiger partial charge in [0.2, 0.25) is 5.91 Å². The van der Waals surface area contributed by atoms with Gasteiger partial charge in [-0.3, -0.25) is 9.48 Å². The molecular weight excluding hydrogens is 264 g/mol. The molecule has 1 aromatic heterocycles. The highest BCUT2D eigenvalue weighted by Crippen LogP contribution is 2.25. The lowest BCUT2D eigenvalue weighted by atomic mass is 10.0. The summed E-state index contributed by atoms with van der Waals surface area (Å²) in [5, 5.41) is 7.17. The van der Waals surface area contributed by atoms with E-state index in [9.17, 15) is 4.79 Å². The van der Waals surface area contributed by atoms with E-state index in [1.165, 1.54) is 0 Å². The molecule has 21 heavy (non-hydrogen) atoms. The van der Waals surface area contributed by atoms with Gasteiger partial charge in [0.25, 0.3) is 0 Å². The zero-order valence-corrected chi connectivity index (χ0v) is 11.9. The van der Waals surface area contributed by atoms with Gasteiger partial charge in [-0.1, -0.05) is 18.6 Å². The molecular formula is C16H20N4O. The Morgan fingerprint density at radius 3 is 3.00 bits per heavy atom. The molecule has 1 amide bonds. The minimum absolute atomic E-state index is 0.00254. The Labute approximate surface area is 124 Å². The fourth-order valence-electron chi connectivity index (χ4n) is 2.88. The van der Waals surface area contributed by atoms with Crippen LogP contribution in [0.15, 0.2) is 42.7 Å². The number of amides is 1. The Hall–Kier alpha value is -2.14. The maximum absolute atomic E-state index is 12.2. The molecule has 110 valence electrons. The third-order valence-corrected chi connectivity index (χ3v) is 4.00. The van der Waals surface area contributed by atoms with E-state index < -0.39 is 0 Å². The second-order valence-electron chi connectivity index (χ2n) is 5.59. The zero-order valence-electron chi connectivity index (χ0n) is 11.9. The molecule has 2 aromatic rings. The van der Waals surface area contributed by atoms with Crippen molar-refractivity contribution in [2.75, 3.05) is 5.32 Å². The van der Waals surface area contributed by atoms with E-state index in [2.05, 4.69) is 10.4 Å². The van der Waals surface area contributed by atoms with Crippen LogP contribution in [0.1, 0.15) is 24.8 Å². The first kappa shape index (κ1) is 13.8. The lowest BCUT2D eigenvalue weighted by molar-refractivity contribution is -0.120. The summed E-state index contributed by atoms with van der Waals surface area (Å²) >= 11 is 0.